The minimum atomic E-state index is -1.26. The third kappa shape index (κ3) is 8.70. The van der Waals surface area contributed by atoms with E-state index in [4.69, 9.17) is 24.4 Å². The molecule has 0 aliphatic carbocycles. The van der Waals surface area contributed by atoms with Crippen molar-refractivity contribution in [2.24, 2.45) is 17.3 Å². The summed E-state index contributed by atoms with van der Waals surface area (Å²) in [4.78, 5) is 13.2. The maximum atomic E-state index is 11.1. The van der Waals surface area contributed by atoms with Crippen molar-refractivity contribution in [3.05, 3.63) is 34.8 Å². The number of rotatable bonds is 17. The van der Waals surface area contributed by atoms with Crippen LogP contribution in [0.5, 0.6) is 0 Å². The van der Waals surface area contributed by atoms with Crippen LogP contribution in [0.3, 0.4) is 0 Å². The summed E-state index contributed by atoms with van der Waals surface area (Å²) < 4.78 is 17.7. The smallest absolute Gasteiger partial charge is 0.408 e. The van der Waals surface area contributed by atoms with Gasteiger partial charge in [0.15, 0.2) is 5.69 Å². The van der Waals surface area contributed by atoms with E-state index in [0.29, 0.717) is 50.3 Å². The Bertz CT molecular complexity index is 923. The maximum absolute atomic E-state index is 11.1. The lowest BCUT2D eigenvalue weighted by Crippen LogP contribution is -2.39. The van der Waals surface area contributed by atoms with Gasteiger partial charge in [0.2, 0.25) is 0 Å². The normalized spacial score (nSPS) is 11.4. The summed E-state index contributed by atoms with van der Waals surface area (Å²) in [6.07, 6.45) is 0. The molecule has 2 aromatic rings. The van der Waals surface area contributed by atoms with Crippen molar-refractivity contribution in [1.82, 2.24) is 0 Å². The number of hydrogen-bond acceptors (Lipinski definition) is 11. The highest BCUT2D eigenvalue weighted by atomic mass is 32.1. The summed E-state index contributed by atoms with van der Waals surface area (Å²) in [7, 11) is 1.60. The second-order valence-corrected chi connectivity index (χ2v) is 7.98. The lowest BCUT2D eigenvalue weighted by atomic mass is 10.1. The van der Waals surface area contributed by atoms with Crippen molar-refractivity contribution in [1.29, 1.82) is 0 Å². The Balaban J connectivity index is 2.10. The van der Waals surface area contributed by atoms with Crippen LogP contribution in [0, 0.1) is 6.92 Å². The van der Waals surface area contributed by atoms with Crippen molar-refractivity contribution in [3.63, 3.8) is 0 Å². The molecule has 0 aliphatic rings. The van der Waals surface area contributed by atoms with E-state index in [-0.39, 0.29) is 32.1 Å². The van der Waals surface area contributed by atoms with Crippen LogP contribution in [0.25, 0.3) is 0 Å². The predicted molar refractivity (Wildman–Crippen MR) is 124 cm³/mol. The van der Waals surface area contributed by atoms with Crippen molar-refractivity contribution in [2.75, 3.05) is 70.8 Å². The van der Waals surface area contributed by atoms with Crippen LogP contribution >= 0.6 is 11.3 Å². The summed E-state index contributed by atoms with van der Waals surface area (Å²) in [5, 5.41) is 39.3. The van der Waals surface area contributed by atoms with Crippen LogP contribution < -0.4 is 14.6 Å². The highest BCUT2D eigenvalue weighted by molar-refractivity contribution is 7.13. The van der Waals surface area contributed by atoms with Crippen molar-refractivity contribution >= 4 is 33.8 Å². The molecule has 11 nitrogen and oxygen atoms in total. The lowest BCUT2D eigenvalue weighted by Gasteiger charge is -2.26. The highest BCUT2D eigenvalue weighted by Gasteiger charge is 2.17. The van der Waals surface area contributed by atoms with Crippen molar-refractivity contribution in [3.8, 4) is 0 Å². The summed E-state index contributed by atoms with van der Waals surface area (Å²) in [5.74, 6) is -1.26. The van der Waals surface area contributed by atoms with E-state index in [0.717, 1.165) is 11.3 Å². The molecule has 2 rings (SSSR count). The molecule has 0 spiro atoms. The van der Waals surface area contributed by atoms with Crippen LogP contribution in [-0.2, 0) is 21.3 Å². The number of benzene rings is 1. The Morgan fingerprint density at radius 1 is 1.03 bits per heavy atom. The zero-order chi connectivity index (χ0) is 24.8. The van der Waals surface area contributed by atoms with Gasteiger partial charge in [0.05, 0.1) is 65.0 Å². The third-order valence-corrected chi connectivity index (χ3v) is 5.76. The SMILES string of the molecule is Cc1c(N=Nc2scc(C(=O)[O-])[n+]2C)cccc1N(CCOCCO)CCOCCOCCO. The maximum Gasteiger partial charge on any atom is 0.408 e. The van der Waals surface area contributed by atoms with Gasteiger partial charge in [0, 0.05) is 29.7 Å². The summed E-state index contributed by atoms with van der Waals surface area (Å²) in [6, 6.07) is 5.69. The molecule has 0 amide bonds. The molecule has 34 heavy (non-hydrogen) atoms. The molecule has 0 bridgehead atoms. The van der Waals surface area contributed by atoms with E-state index in [9.17, 15) is 9.90 Å². The van der Waals surface area contributed by atoms with Gasteiger partial charge in [-0.15, -0.1) is 0 Å². The Labute approximate surface area is 202 Å². The average molecular weight is 497 g/mol. The predicted octanol–water partition coefficient (Wildman–Crippen LogP) is 0.501. The van der Waals surface area contributed by atoms with E-state index >= 15 is 0 Å². The van der Waals surface area contributed by atoms with Crippen LogP contribution in [-0.4, -0.2) is 82.1 Å². The van der Waals surface area contributed by atoms with Gasteiger partial charge >= 0.3 is 5.13 Å². The number of carbonyl (C=O) groups excluding carboxylic acids is 1. The molecular weight excluding hydrogens is 464 g/mol. The first-order valence-corrected chi connectivity index (χ1v) is 11.8. The minimum absolute atomic E-state index is 0.0166. The van der Waals surface area contributed by atoms with Gasteiger partial charge in [-0.05, 0) is 35.5 Å². The number of ether oxygens (including phenoxy) is 3. The Morgan fingerprint density at radius 2 is 1.65 bits per heavy atom. The Kier molecular flexibility index (Phi) is 12.6. The van der Waals surface area contributed by atoms with Gasteiger partial charge in [-0.2, -0.15) is 0 Å². The molecule has 0 fully saturated rings. The quantitative estimate of drug-likeness (QED) is 0.183. The third-order valence-electron chi connectivity index (χ3n) is 4.85. The number of carboxylic acid groups (broad SMARTS) is 1. The molecule has 1 aromatic carbocycles. The fraction of sp³-hybridized carbons (Fsp3) is 0.545. The summed E-state index contributed by atoms with van der Waals surface area (Å²) in [6.45, 7) is 5.36. The monoisotopic (exact) mass is 496 g/mol. The Morgan fingerprint density at radius 3 is 2.24 bits per heavy atom. The highest BCUT2D eigenvalue weighted by Crippen LogP contribution is 2.30. The largest absolute Gasteiger partial charge is 0.541 e. The van der Waals surface area contributed by atoms with Crippen LogP contribution in [0.4, 0.5) is 16.5 Å². The lowest BCUT2D eigenvalue weighted by molar-refractivity contribution is -0.658. The number of aromatic carboxylic acids is 1. The van der Waals surface area contributed by atoms with Gasteiger partial charge in [0.1, 0.15) is 11.7 Å². The van der Waals surface area contributed by atoms with Crippen molar-refractivity contribution in [2.45, 2.75) is 6.92 Å². The number of azo groups is 1. The van der Waals surface area contributed by atoms with Gasteiger partial charge in [-0.3, -0.25) is 0 Å². The van der Waals surface area contributed by atoms with Gasteiger partial charge in [-0.1, -0.05) is 6.07 Å². The topological polar surface area (TPSA) is 140 Å². The zero-order valence-electron chi connectivity index (χ0n) is 19.5. The molecule has 188 valence electrons. The molecule has 0 atom stereocenters. The van der Waals surface area contributed by atoms with Crippen LogP contribution in [0.2, 0.25) is 0 Å². The number of thiazole rings is 1. The summed E-state index contributed by atoms with van der Waals surface area (Å²) >= 11 is 1.17. The number of aromatic nitrogens is 1. The minimum Gasteiger partial charge on any atom is -0.541 e. The number of aliphatic hydroxyl groups excluding tert-OH is 2. The molecule has 12 heteroatoms. The van der Waals surface area contributed by atoms with E-state index in [1.54, 1.807) is 7.05 Å². The van der Waals surface area contributed by atoms with Crippen LogP contribution in [0.1, 0.15) is 16.1 Å². The molecule has 0 saturated carbocycles. The number of carbonyl (C=O) groups is 1. The molecular formula is C22H32N4O7S. The van der Waals surface area contributed by atoms with Gasteiger partial charge < -0.3 is 39.2 Å². The molecule has 0 aliphatic heterocycles. The first-order chi connectivity index (χ1) is 16.5. The number of anilines is 1. The first kappa shape index (κ1) is 27.8. The van der Waals surface area contributed by atoms with E-state index in [1.165, 1.54) is 21.3 Å². The molecule has 0 saturated heterocycles. The second kappa shape index (κ2) is 15.4. The Hall–Kier alpha value is -2.48. The van der Waals surface area contributed by atoms with E-state index in [2.05, 4.69) is 15.1 Å². The summed E-state index contributed by atoms with van der Waals surface area (Å²) in [5.41, 5.74) is 2.54. The van der Waals surface area contributed by atoms with Gasteiger partial charge in [0.25, 0.3) is 0 Å². The standard InChI is InChI=1S/C22H32N4O7S/c1-17-18(23-24-22-25(2)20(16-34-22)21(29)30)4-3-5-19(17)26(6-10-31-12-8-27)7-11-32-14-15-33-13-9-28/h3-5,16,27-28H,6-15H2,1-2H3. The number of nitrogens with zero attached hydrogens (tertiary/aromatic N) is 4. The first-order valence-electron chi connectivity index (χ1n) is 10.9. The number of hydrogen-bond donors (Lipinski definition) is 2. The molecule has 0 unspecified atom stereocenters. The fourth-order valence-corrected chi connectivity index (χ4v) is 3.88. The van der Waals surface area contributed by atoms with Crippen LogP contribution in [0.15, 0.2) is 33.8 Å². The fourth-order valence-electron chi connectivity index (χ4n) is 3.06. The van der Waals surface area contributed by atoms with Gasteiger partial charge in [-0.25, -0.2) is 4.57 Å². The number of carboxylic acids is 1. The van der Waals surface area contributed by atoms with E-state index < -0.39 is 5.97 Å². The average Bonchev–Trinajstić information content (AvgIpc) is 3.20. The van der Waals surface area contributed by atoms with E-state index in [1.807, 2.05) is 25.1 Å². The number of aliphatic hydroxyl groups is 2. The molecule has 0 radical (unpaired) electrons. The molecule has 2 N–H and O–H groups in total. The second-order valence-electron chi connectivity index (χ2n) is 7.14. The van der Waals surface area contributed by atoms with Crippen molar-refractivity contribution < 1.29 is 38.9 Å². The molecule has 1 heterocycles. The zero-order valence-corrected chi connectivity index (χ0v) is 20.3. The molecule has 1 aromatic heterocycles.